The van der Waals surface area contributed by atoms with Gasteiger partial charge in [-0.1, -0.05) is 0 Å². The standard InChI is InChI=1S/C17H18F5N5O.ClH/c1-9-7-27-14(24-25-16(27)17(20,21)22)8-26(9)15(28)6-12(23)5-10-4-11(18)2-3-13(10)19;/h2-4,9,12H,5-8,23H2,1H3;1H/t9?,12-;/m1./s1. The Morgan fingerprint density at radius 1 is 1.31 bits per heavy atom. The maximum absolute atomic E-state index is 13.7. The first kappa shape index (κ1) is 23.0. The molecule has 2 heterocycles. The second kappa shape index (κ2) is 8.62. The first-order valence-corrected chi connectivity index (χ1v) is 8.54. The molecule has 0 radical (unpaired) electrons. The Bertz CT molecular complexity index is 888. The molecule has 0 aliphatic carbocycles. The second-order valence-corrected chi connectivity index (χ2v) is 6.82. The molecule has 0 saturated carbocycles. The van der Waals surface area contributed by atoms with Gasteiger partial charge in [0.2, 0.25) is 11.7 Å². The number of carbonyl (C=O) groups is 1. The average Bonchev–Trinajstić information content (AvgIpc) is 3.00. The quantitative estimate of drug-likeness (QED) is 0.743. The van der Waals surface area contributed by atoms with Crippen molar-refractivity contribution in [3.63, 3.8) is 0 Å². The molecule has 6 nitrogen and oxygen atoms in total. The summed E-state index contributed by atoms with van der Waals surface area (Å²) in [6, 6.07) is 1.68. The fraction of sp³-hybridized carbons (Fsp3) is 0.471. The minimum Gasteiger partial charge on any atom is -0.331 e. The van der Waals surface area contributed by atoms with E-state index < -0.39 is 41.6 Å². The molecule has 1 aromatic heterocycles. The molecule has 1 amide bonds. The summed E-state index contributed by atoms with van der Waals surface area (Å²) in [5, 5.41) is 6.72. The molecule has 3 rings (SSSR count). The number of hydrogen-bond acceptors (Lipinski definition) is 4. The molecule has 29 heavy (non-hydrogen) atoms. The third kappa shape index (κ3) is 5.02. The normalized spacial score (nSPS) is 17.5. The number of alkyl halides is 3. The summed E-state index contributed by atoms with van der Waals surface area (Å²) in [5.74, 6) is -2.70. The van der Waals surface area contributed by atoms with Crippen molar-refractivity contribution in [3.05, 3.63) is 47.0 Å². The maximum atomic E-state index is 13.7. The number of nitrogens with two attached hydrogens (primary N) is 1. The van der Waals surface area contributed by atoms with Gasteiger partial charge in [-0.15, -0.1) is 22.6 Å². The van der Waals surface area contributed by atoms with Crippen LogP contribution in [0.4, 0.5) is 22.0 Å². The van der Waals surface area contributed by atoms with Gasteiger partial charge in [0.25, 0.3) is 0 Å². The van der Waals surface area contributed by atoms with E-state index in [1.807, 2.05) is 0 Å². The number of carbonyl (C=O) groups excluding carboxylic acids is 1. The Balaban J connectivity index is 0.00000300. The van der Waals surface area contributed by atoms with Crippen molar-refractivity contribution in [1.82, 2.24) is 19.7 Å². The molecule has 0 bridgehead atoms. The van der Waals surface area contributed by atoms with E-state index in [0.29, 0.717) is 0 Å². The van der Waals surface area contributed by atoms with Crippen molar-refractivity contribution < 1.29 is 26.7 Å². The highest BCUT2D eigenvalue weighted by molar-refractivity contribution is 5.85. The summed E-state index contributed by atoms with van der Waals surface area (Å²) in [4.78, 5) is 13.9. The molecular weight excluding hydrogens is 421 g/mol. The molecule has 1 aliphatic rings. The molecule has 0 spiro atoms. The molecule has 1 aromatic carbocycles. The average molecular weight is 440 g/mol. The molecule has 160 valence electrons. The van der Waals surface area contributed by atoms with E-state index in [1.165, 1.54) is 4.90 Å². The van der Waals surface area contributed by atoms with Crippen LogP contribution in [-0.2, 0) is 30.5 Å². The van der Waals surface area contributed by atoms with E-state index in [4.69, 9.17) is 5.73 Å². The molecule has 0 saturated heterocycles. The van der Waals surface area contributed by atoms with Crippen LogP contribution in [0.25, 0.3) is 0 Å². The van der Waals surface area contributed by atoms with Crippen LogP contribution in [0.3, 0.4) is 0 Å². The number of benzene rings is 1. The Morgan fingerprint density at radius 3 is 2.66 bits per heavy atom. The van der Waals surface area contributed by atoms with Gasteiger partial charge < -0.3 is 15.2 Å². The summed E-state index contributed by atoms with van der Waals surface area (Å²) in [6.45, 7) is 1.37. The lowest BCUT2D eigenvalue weighted by Gasteiger charge is -2.34. The Kier molecular flexibility index (Phi) is 6.84. The van der Waals surface area contributed by atoms with E-state index in [9.17, 15) is 26.7 Å². The van der Waals surface area contributed by atoms with Crippen molar-refractivity contribution >= 4 is 18.3 Å². The summed E-state index contributed by atoms with van der Waals surface area (Å²) in [7, 11) is 0. The van der Waals surface area contributed by atoms with Crippen LogP contribution in [-0.4, -0.2) is 37.7 Å². The highest BCUT2D eigenvalue weighted by Crippen LogP contribution is 2.30. The zero-order chi connectivity index (χ0) is 20.6. The first-order valence-electron chi connectivity index (χ1n) is 8.54. The molecule has 2 atom stereocenters. The lowest BCUT2D eigenvalue weighted by Crippen LogP contribution is -2.47. The summed E-state index contributed by atoms with van der Waals surface area (Å²) >= 11 is 0. The van der Waals surface area contributed by atoms with Crippen LogP contribution in [0.2, 0.25) is 0 Å². The van der Waals surface area contributed by atoms with Crippen LogP contribution in [0.5, 0.6) is 0 Å². The second-order valence-electron chi connectivity index (χ2n) is 6.82. The van der Waals surface area contributed by atoms with E-state index >= 15 is 0 Å². The smallest absolute Gasteiger partial charge is 0.331 e. The van der Waals surface area contributed by atoms with Gasteiger partial charge in [0.15, 0.2) is 5.82 Å². The predicted octanol–water partition coefficient (Wildman–Crippen LogP) is 2.69. The molecular formula is C17H19ClF5N5O. The number of fused-ring (bicyclic) bond motifs is 1. The number of hydrogen-bond donors (Lipinski definition) is 1. The van der Waals surface area contributed by atoms with Gasteiger partial charge in [-0.25, -0.2) is 8.78 Å². The molecule has 0 fully saturated rings. The molecule has 2 aromatic rings. The van der Waals surface area contributed by atoms with Crippen molar-refractivity contribution in [2.45, 2.75) is 51.1 Å². The number of rotatable bonds is 4. The van der Waals surface area contributed by atoms with Gasteiger partial charge in [0.1, 0.15) is 11.6 Å². The highest BCUT2D eigenvalue weighted by atomic mass is 35.5. The fourth-order valence-electron chi connectivity index (χ4n) is 3.25. The summed E-state index contributed by atoms with van der Waals surface area (Å²) < 4.78 is 66.8. The van der Waals surface area contributed by atoms with Gasteiger partial charge >= 0.3 is 6.18 Å². The zero-order valence-corrected chi connectivity index (χ0v) is 16.1. The van der Waals surface area contributed by atoms with Gasteiger partial charge in [-0.3, -0.25) is 4.79 Å². The van der Waals surface area contributed by atoms with Crippen molar-refractivity contribution in [2.24, 2.45) is 5.73 Å². The third-order valence-corrected chi connectivity index (χ3v) is 4.62. The van der Waals surface area contributed by atoms with Crippen LogP contribution in [0.1, 0.15) is 30.6 Å². The summed E-state index contributed by atoms with van der Waals surface area (Å²) in [5.41, 5.74) is 5.97. The van der Waals surface area contributed by atoms with Gasteiger partial charge in [-0.05, 0) is 37.1 Å². The number of nitrogens with zero attached hydrogens (tertiary/aromatic N) is 4. The topological polar surface area (TPSA) is 77.0 Å². The summed E-state index contributed by atoms with van der Waals surface area (Å²) in [6.07, 6.45) is -4.85. The zero-order valence-electron chi connectivity index (χ0n) is 15.3. The Morgan fingerprint density at radius 2 is 2.00 bits per heavy atom. The highest BCUT2D eigenvalue weighted by Gasteiger charge is 2.41. The molecule has 12 heteroatoms. The van der Waals surface area contributed by atoms with Gasteiger partial charge in [0.05, 0.1) is 6.54 Å². The Hall–Kier alpha value is -2.27. The fourth-order valence-corrected chi connectivity index (χ4v) is 3.25. The number of halogens is 6. The molecule has 2 N–H and O–H groups in total. The van der Waals surface area contributed by atoms with E-state index in [1.54, 1.807) is 6.92 Å². The number of amides is 1. The van der Waals surface area contributed by atoms with Crippen LogP contribution in [0.15, 0.2) is 18.2 Å². The first-order chi connectivity index (χ1) is 13.1. The maximum Gasteiger partial charge on any atom is 0.451 e. The van der Waals surface area contributed by atoms with Crippen LogP contribution in [0, 0.1) is 11.6 Å². The van der Waals surface area contributed by atoms with Crippen molar-refractivity contribution in [3.8, 4) is 0 Å². The number of aromatic nitrogens is 3. The lowest BCUT2D eigenvalue weighted by molar-refractivity contribution is -0.148. The Labute approximate surface area is 169 Å². The van der Waals surface area contributed by atoms with E-state index in [0.717, 1.165) is 22.8 Å². The molecule has 1 unspecified atom stereocenters. The minimum absolute atomic E-state index is 0. The monoisotopic (exact) mass is 439 g/mol. The van der Waals surface area contributed by atoms with Crippen molar-refractivity contribution in [2.75, 3.05) is 0 Å². The SMILES string of the molecule is CC1Cn2c(nnc2C(F)(F)F)CN1C(=O)C[C@H](N)Cc1cc(F)ccc1F.Cl. The largest absolute Gasteiger partial charge is 0.451 e. The molecule has 1 aliphatic heterocycles. The van der Waals surface area contributed by atoms with Crippen LogP contribution < -0.4 is 5.73 Å². The van der Waals surface area contributed by atoms with Gasteiger partial charge in [0, 0.05) is 25.0 Å². The van der Waals surface area contributed by atoms with Crippen LogP contribution >= 0.6 is 12.4 Å². The third-order valence-electron chi connectivity index (χ3n) is 4.62. The minimum atomic E-state index is -4.63. The van der Waals surface area contributed by atoms with E-state index in [2.05, 4.69) is 10.2 Å². The van der Waals surface area contributed by atoms with E-state index in [-0.39, 0.29) is 49.7 Å². The predicted molar refractivity (Wildman–Crippen MR) is 94.9 cm³/mol. The lowest BCUT2D eigenvalue weighted by atomic mass is 10.0. The van der Waals surface area contributed by atoms with Crippen molar-refractivity contribution in [1.29, 1.82) is 0 Å². The van der Waals surface area contributed by atoms with Gasteiger partial charge in [-0.2, -0.15) is 13.2 Å².